The van der Waals surface area contributed by atoms with Crippen molar-refractivity contribution in [1.29, 1.82) is 0 Å². The van der Waals surface area contributed by atoms with Crippen LogP contribution in [0.5, 0.6) is 0 Å². The molecule has 0 unspecified atom stereocenters. The molecular formula is C11H12BrN3O4. The summed E-state index contributed by atoms with van der Waals surface area (Å²) in [5, 5.41) is 13.7. The Hall–Kier alpha value is -1.93. The Balaban J connectivity index is 2.74. The Labute approximate surface area is 117 Å². The predicted octanol–water partition coefficient (Wildman–Crippen LogP) is 0.161. The zero-order valence-corrected chi connectivity index (χ0v) is 11.4. The Morgan fingerprint density at radius 1 is 1.26 bits per heavy atom. The van der Waals surface area contributed by atoms with Gasteiger partial charge in [-0.05, 0) is 18.2 Å². The maximum atomic E-state index is 11.5. The molecule has 0 aromatic heterocycles. The number of halogens is 1. The maximum Gasteiger partial charge on any atom is 0.337 e. The predicted molar refractivity (Wildman–Crippen MR) is 71.8 cm³/mol. The minimum atomic E-state index is -1.16. The lowest BCUT2D eigenvalue weighted by atomic mass is 10.2. The number of amides is 2. The van der Waals surface area contributed by atoms with Gasteiger partial charge in [-0.2, -0.15) is 0 Å². The van der Waals surface area contributed by atoms with Gasteiger partial charge in [0.05, 0.1) is 24.3 Å². The largest absolute Gasteiger partial charge is 0.478 e. The van der Waals surface area contributed by atoms with E-state index >= 15 is 0 Å². The first kappa shape index (κ1) is 15.1. The lowest BCUT2D eigenvalue weighted by molar-refractivity contribution is -0.123. The molecule has 0 aliphatic rings. The minimum Gasteiger partial charge on any atom is -0.478 e. The van der Waals surface area contributed by atoms with Crippen molar-refractivity contribution in [3.63, 3.8) is 0 Å². The average molecular weight is 330 g/mol. The van der Waals surface area contributed by atoms with Gasteiger partial charge in [-0.3, -0.25) is 9.59 Å². The fraction of sp³-hybridized carbons (Fsp3) is 0.182. The fourth-order valence-electron chi connectivity index (χ4n) is 1.25. The number of carboxylic acid groups (broad SMARTS) is 1. The van der Waals surface area contributed by atoms with Crippen LogP contribution in [0.25, 0.3) is 0 Å². The Bertz CT molecular complexity index is 519. The first-order valence-corrected chi connectivity index (χ1v) is 6.02. The number of nitrogens with two attached hydrogens (primary N) is 1. The highest BCUT2D eigenvalue weighted by Gasteiger charge is 2.13. The lowest BCUT2D eigenvalue weighted by Crippen LogP contribution is -2.36. The van der Waals surface area contributed by atoms with Crippen molar-refractivity contribution in [2.45, 2.75) is 0 Å². The van der Waals surface area contributed by atoms with E-state index in [2.05, 4.69) is 26.6 Å². The molecule has 0 saturated carbocycles. The first-order valence-electron chi connectivity index (χ1n) is 5.23. The summed E-state index contributed by atoms with van der Waals surface area (Å²) in [7, 11) is 0. The standard InChI is InChI=1S/C11H12BrN3O4/c12-6-1-2-8(7(3-6)11(18)19)15-10(17)5-14-9(16)4-13/h1-3H,4-5,13H2,(H,14,16)(H,15,17)(H,18,19). The lowest BCUT2D eigenvalue weighted by Gasteiger charge is -2.09. The molecule has 0 bridgehead atoms. The number of anilines is 1. The third-order valence-electron chi connectivity index (χ3n) is 2.12. The second kappa shape index (κ2) is 6.86. The van der Waals surface area contributed by atoms with E-state index in [0.29, 0.717) is 4.47 Å². The van der Waals surface area contributed by atoms with Gasteiger partial charge in [-0.15, -0.1) is 0 Å². The van der Waals surface area contributed by atoms with Gasteiger partial charge < -0.3 is 21.5 Å². The number of hydrogen-bond donors (Lipinski definition) is 4. The molecule has 0 saturated heterocycles. The van der Waals surface area contributed by atoms with Gasteiger partial charge in [-0.1, -0.05) is 15.9 Å². The molecule has 1 aromatic carbocycles. The summed E-state index contributed by atoms with van der Waals surface area (Å²) < 4.78 is 0.583. The normalized spacial score (nSPS) is 9.79. The van der Waals surface area contributed by atoms with Gasteiger partial charge in [0.2, 0.25) is 11.8 Å². The van der Waals surface area contributed by atoms with E-state index < -0.39 is 17.8 Å². The molecule has 8 heteroatoms. The number of carboxylic acids is 1. The van der Waals surface area contributed by atoms with Crippen LogP contribution in [0.3, 0.4) is 0 Å². The molecule has 2 amide bonds. The van der Waals surface area contributed by atoms with Crippen LogP contribution in [0, 0.1) is 0 Å². The van der Waals surface area contributed by atoms with Crippen molar-refractivity contribution in [3.8, 4) is 0 Å². The number of carbonyl (C=O) groups is 3. The van der Waals surface area contributed by atoms with Crippen LogP contribution >= 0.6 is 15.9 Å². The van der Waals surface area contributed by atoms with Crippen molar-refractivity contribution < 1.29 is 19.5 Å². The van der Waals surface area contributed by atoms with Gasteiger partial charge in [-0.25, -0.2) is 4.79 Å². The van der Waals surface area contributed by atoms with Crippen LogP contribution in [0.4, 0.5) is 5.69 Å². The van der Waals surface area contributed by atoms with Crippen molar-refractivity contribution in [2.24, 2.45) is 5.73 Å². The highest BCUT2D eigenvalue weighted by atomic mass is 79.9. The van der Waals surface area contributed by atoms with E-state index in [9.17, 15) is 14.4 Å². The summed E-state index contributed by atoms with van der Waals surface area (Å²) in [6, 6.07) is 4.42. The van der Waals surface area contributed by atoms with E-state index in [4.69, 9.17) is 10.8 Å². The smallest absolute Gasteiger partial charge is 0.337 e. The number of carbonyl (C=O) groups excluding carboxylic acids is 2. The van der Waals surface area contributed by atoms with Crippen LogP contribution in [0.2, 0.25) is 0 Å². The van der Waals surface area contributed by atoms with Crippen LogP contribution in [-0.4, -0.2) is 36.0 Å². The molecule has 19 heavy (non-hydrogen) atoms. The average Bonchev–Trinajstić information content (AvgIpc) is 2.37. The highest BCUT2D eigenvalue weighted by molar-refractivity contribution is 9.10. The summed E-state index contributed by atoms with van der Waals surface area (Å²) in [5.74, 6) is -2.17. The first-order chi connectivity index (χ1) is 8.93. The van der Waals surface area contributed by atoms with Crippen molar-refractivity contribution in [1.82, 2.24) is 5.32 Å². The third kappa shape index (κ3) is 4.68. The molecule has 1 rings (SSSR count). The van der Waals surface area contributed by atoms with Crippen molar-refractivity contribution in [2.75, 3.05) is 18.4 Å². The summed E-state index contributed by atoms with van der Waals surface area (Å²) in [6.07, 6.45) is 0. The van der Waals surface area contributed by atoms with Crippen molar-refractivity contribution >= 4 is 39.4 Å². The number of aromatic carboxylic acids is 1. The third-order valence-corrected chi connectivity index (χ3v) is 2.61. The molecule has 7 nitrogen and oxygen atoms in total. The van der Waals surface area contributed by atoms with Crippen LogP contribution in [0.1, 0.15) is 10.4 Å². The fourth-order valence-corrected chi connectivity index (χ4v) is 1.61. The summed E-state index contributed by atoms with van der Waals surface area (Å²) in [6.45, 7) is -0.489. The SMILES string of the molecule is NCC(=O)NCC(=O)Nc1ccc(Br)cc1C(=O)O. The molecule has 0 aliphatic heterocycles. The number of hydrogen-bond acceptors (Lipinski definition) is 4. The molecule has 1 aromatic rings. The molecule has 0 heterocycles. The maximum absolute atomic E-state index is 11.5. The molecule has 0 fully saturated rings. The zero-order valence-electron chi connectivity index (χ0n) is 9.77. The van der Waals surface area contributed by atoms with E-state index in [1.54, 1.807) is 6.07 Å². The molecule has 0 aliphatic carbocycles. The van der Waals surface area contributed by atoms with E-state index in [0.717, 1.165) is 0 Å². The minimum absolute atomic E-state index is 0.0483. The quantitative estimate of drug-likeness (QED) is 0.613. The second-order valence-corrected chi connectivity index (χ2v) is 4.44. The van der Waals surface area contributed by atoms with Crippen LogP contribution in [-0.2, 0) is 9.59 Å². The molecular weight excluding hydrogens is 318 g/mol. The molecule has 0 spiro atoms. The van der Waals surface area contributed by atoms with E-state index in [1.807, 2.05) is 0 Å². The van der Waals surface area contributed by atoms with Crippen molar-refractivity contribution in [3.05, 3.63) is 28.2 Å². The molecule has 102 valence electrons. The topological polar surface area (TPSA) is 122 Å². The van der Waals surface area contributed by atoms with E-state index in [-0.39, 0.29) is 24.3 Å². The molecule has 0 atom stereocenters. The van der Waals surface area contributed by atoms with Gasteiger partial charge in [0, 0.05) is 4.47 Å². The second-order valence-electron chi connectivity index (χ2n) is 3.52. The molecule has 5 N–H and O–H groups in total. The van der Waals surface area contributed by atoms with Crippen LogP contribution < -0.4 is 16.4 Å². The zero-order chi connectivity index (χ0) is 14.4. The Kier molecular flexibility index (Phi) is 5.46. The van der Waals surface area contributed by atoms with E-state index in [1.165, 1.54) is 12.1 Å². The van der Waals surface area contributed by atoms with Crippen LogP contribution in [0.15, 0.2) is 22.7 Å². The number of benzene rings is 1. The Morgan fingerprint density at radius 2 is 1.95 bits per heavy atom. The monoisotopic (exact) mass is 329 g/mol. The van der Waals surface area contributed by atoms with Gasteiger partial charge in [0.1, 0.15) is 0 Å². The summed E-state index contributed by atoms with van der Waals surface area (Å²) in [5.41, 5.74) is 5.17. The summed E-state index contributed by atoms with van der Waals surface area (Å²) in [4.78, 5) is 33.4. The number of nitrogens with one attached hydrogen (secondary N) is 2. The number of rotatable bonds is 5. The Morgan fingerprint density at radius 3 is 2.53 bits per heavy atom. The van der Waals surface area contributed by atoms with Gasteiger partial charge in [0.25, 0.3) is 0 Å². The van der Waals surface area contributed by atoms with Gasteiger partial charge in [0.15, 0.2) is 0 Å². The molecule has 0 radical (unpaired) electrons. The van der Waals surface area contributed by atoms with Gasteiger partial charge >= 0.3 is 5.97 Å². The highest BCUT2D eigenvalue weighted by Crippen LogP contribution is 2.20. The summed E-state index contributed by atoms with van der Waals surface area (Å²) >= 11 is 3.14.